The minimum absolute atomic E-state index is 0.193. The van der Waals surface area contributed by atoms with Crippen molar-refractivity contribution in [3.05, 3.63) is 47.5 Å². The zero-order valence-corrected chi connectivity index (χ0v) is 15.1. The Hall–Kier alpha value is -2.89. The number of methoxy groups -OCH3 is 4. The summed E-state index contributed by atoms with van der Waals surface area (Å²) in [6, 6.07) is 10.6. The largest absolute Gasteiger partial charge is 0.497 e. The average Bonchev–Trinajstić information content (AvgIpc) is 2.66. The first kappa shape index (κ1) is 18.4. The van der Waals surface area contributed by atoms with Crippen LogP contribution in [0.2, 0.25) is 0 Å². The van der Waals surface area contributed by atoms with Crippen LogP contribution in [0.15, 0.2) is 36.4 Å². The third-order valence-electron chi connectivity index (χ3n) is 3.87. The summed E-state index contributed by atoms with van der Waals surface area (Å²) < 4.78 is 21.1. The van der Waals surface area contributed by atoms with Gasteiger partial charge in [0.2, 0.25) is 5.75 Å². The zero-order valence-electron chi connectivity index (χ0n) is 15.1. The normalized spacial score (nSPS) is 11.4. The van der Waals surface area contributed by atoms with E-state index in [1.54, 1.807) is 19.2 Å². The molecule has 0 aromatic heterocycles. The van der Waals surface area contributed by atoms with Crippen LogP contribution in [-0.4, -0.2) is 34.3 Å². The van der Waals surface area contributed by atoms with Crippen LogP contribution >= 0.6 is 0 Å². The van der Waals surface area contributed by atoms with Gasteiger partial charge in [0, 0.05) is 5.56 Å². The van der Waals surface area contributed by atoms with Gasteiger partial charge in [0.25, 0.3) is 5.91 Å². The molecule has 134 valence electrons. The molecular formula is C19H23NO5. The van der Waals surface area contributed by atoms with Crippen molar-refractivity contribution in [1.82, 2.24) is 5.32 Å². The highest BCUT2D eigenvalue weighted by molar-refractivity contribution is 5.95. The number of hydrogen-bond acceptors (Lipinski definition) is 5. The van der Waals surface area contributed by atoms with Crippen LogP contribution in [0.4, 0.5) is 0 Å². The number of hydrogen-bond donors (Lipinski definition) is 1. The molecule has 2 rings (SSSR count). The van der Waals surface area contributed by atoms with Gasteiger partial charge >= 0.3 is 0 Å². The molecular weight excluding hydrogens is 322 g/mol. The average molecular weight is 345 g/mol. The van der Waals surface area contributed by atoms with E-state index in [4.69, 9.17) is 18.9 Å². The quantitative estimate of drug-likeness (QED) is 0.835. The molecule has 0 saturated heterocycles. The van der Waals surface area contributed by atoms with Gasteiger partial charge in [-0.15, -0.1) is 0 Å². The Morgan fingerprint density at radius 3 is 2.08 bits per heavy atom. The summed E-state index contributed by atoms with van der Waals surface area (Å²) in [6.45, 7) is 1.91. The van der Waals surface area contributed by atoms with Crippen LogP contribution < -0.4 is 24.3 Å². The van der Waals surface area contributed by atoms with Crippen LogP contribution in [0.1, 0.15) is 28.9 Å². The van der Waals surface area contributed by atoms with Crippen molar-refractivity contribution in [3.63, 3.8) is 0 Å². The number of carbonyl (C=O) groups is 1. The molecule has 1 amide bonds. The summed E-state index contributed by atoms with van der Waals surface area (Å²) in [5, 5.41) is 2.96. The van der Waals surface area contributed by atoms with Gasteiger partial charge in [-0.2, -0.15) is 0 Å². The topological polar surface area (TPSA) is 66.0 Å². The fraction of sp³-hybridized carbons (Fsp3) is 0.316. The molecule has 0 fully saturated rings. The second kappa shape index (κ2) is 8.28. The number of benzene rings is 2. The van der Waals surface area contributed by atoms with E-state index in [0.29, 0.717) is 22.8 Å². The van der Waals surface area contributed by atoms with Crippen molar-refractivity contribution in [1.29, 1.82) is 0 Å². The molecule has 6 nitrogen and oxygen atoms in total. The van der Waals surface area contributed by atoms with E-state index in [1.165, 1.54) is 21.3 Å². The highest BCUT2D eigenvalue weighted by Gasteiger charge is 2.18. The lowest BCUT2D eigenvalue weighted by molar-refractivity contribution is 0.0939. The maximum Gasteiger partial charge on any atom is 0.252 e. The number of amides is 1. The van der Waals surface area contributed by atoms with Gasteiger partial charge in [-0.05, 0) is 36.8 Å². The Morgan fingerprint density at radius 1 is 0.920 bits per heavy atom. The molecule has 0 radical (unpaired) electrons. The summed E-state index contributed by atoms with van der Waals surface area (Å²) >= 11 is 0. The van der Waals surface area contributed by atoms with E-state index in [9.17, 15) is 4.79 Å². The number of ether oxygens (including phenoxy) is 4. The fourth-order valence-corrected chi connectivity index (χ4v) is 2.49. The van der Waals surface area contributed by atoms with E-state index in [1.807, 2.05) is 31.2 Å². The van der Waals surface area contributed by atoms with Crippen molar-refractivity contribution in [3.8, 4) is 23.0 Å². The standard InChI is InChI=1S/C19H23NO5/c1-12(13-7-6-8-15(9-13)22-2)20-19(21)14-10-16(23-3)18(25-5)17(11-14)24-4/h6-12H,1-5H3,(H,20,21). The molecule has 1 atom stereocenters. The zero-order chi connectivity index (χ0) is 18.4. The second-order valence-corrected chi connectivity index (χ2v) is 5.39. The predicted molar refractivity (Wildman–Crippen MR) is 95.0 cm³/mol. The van der Waals surface area contributed by atoms with Crippen LogP contribution in [0, 0.1) is 0 Å². The minimum Gasteiger partial charge on any atom is -0.497 e. The van der Waals surface area contributed by atoms with Crippen molar-refractivity contribution >= 4 is 5.91 Å². The van der Waals surface area contributed by atoms with Gasteiger partial charge in [0.15, 0.2) is 11.5 Å². The highest BCUT2D eigenvalue weighted by Crippen LogP contribution is 2.38. The lowest BCUT2D eigenvalue weighted by atomic mass is 10.1. The maximum absolute atomic E-state index is 12.6. The number of carbonyl (C=O) groups excluding carboxylic acids is 1. The van der Waals surface area contributed by atoms with E-state index in [2.05, 4.69) is 5.32 Å². The summed E-state index contributed by atoms with van der Waals surface area (Å²) in [4.78, 5) is 12.6. The molecule has 0 aliphatic rings. The van der Waals surface area contributed by atoms with Crippen LogP contribution in [-0.2, 0) is 0 Å². The lowest BCUT2D eigenvalue weighted by Crippen LogP contribution is -2.26. The minimum atomic E-state index is -0.241. The molecule has 0 saturated carbocycles. The monoisotopic (exact) mass is 345 g/mol. The fourth-order valence-electron chi connectivity index (χ4n) is 2.49. The van der Waals surface area contributed by atoms with Gasteiger partial charge < -0.3 is 24.3 Å². The van der Waals surface area contributed by atoms with Gasteiger partial charge in [0.05, 0.1) is 34.5 Å². The van der Waals surface area contributed by atoms with Crippen molar-refractivity contribution < 1.29 is 23.7 Å². The first-order valence-corrected chi connectivity index (χ1v) is 7.78. The summed E-state index contributed by atoms with van der Waals surface area (Å²) in [5.41, 5.74) is 1.37. The van der Waals surface area contributed by atoms with Crippen LogP contribution in [0.25, 0.3) is 0 Å². The maximum atomic E-state index is 12.6. The van der Waals surface area contributed by atoms with Gasteiger partial charge in [-0.1, -0.05) is 12.1 Å². The van der Waals surface area contributed by atoms with E-state index < -0.39 is 0 Å². The van der Waals surface area contributed by atoms with E-state index >= 15 is 0 Å². The smallest absolute Gasteiger partial charge is 0.252 e. The summed E-state index contributed by atoms with van der Waals surface area (Å²) in [7, 11) is 6.15. The molecule has 0 aliphatic carbocycles. The summed E-state index contributed by atoms with van der Waals surface area (Å²) in [5.74, 6) is 1.81. The Labute approximate surface area is 147 Å². The molecule has 1 unspecified atom stereocenters. The molecule has 2 aromatic rings. The molecule has 0 bridgehead atoms. The molecule has 6 heteroatoms. The Kier molecular flexibility index (Phi) is 6.11. The SMILES string of the molecule is COc1cccc(C(C)NC(=O)c2cc(OC)c(OC)c(OC)c2)c1. The van der Waals surface area contributed by atoms with E-state index in [-0.39, 0.29) is 11.9 Å². The first-order valence-electron chi connectivity index (χ1n) is 7.78. The molecule has 0 aliphatic heterocycles. The van der Waals surface area contributed by atoms with Crippen molar-refractivity contribution in [2.24, 2.45) is 0 Å². The number of nitrogens with one attached hydrogen (secondary N) is 1. The van der Waals surface area contributed by atoms with Crippen LogP contribution in [0.5, 0.6) is 23.0 Å². The molecule has 0 heterocycles. The van der Waals surface area contributed by atoms with Crippen LogP contribution in [0.3, 0.4) is 0 Å². The lowest BCUT2D eigenvalue weighted by Gasteiger charge is -2.17. The molecule has 2 aromatic carbocycles. The molecule has 25 heavy (non-hydrogen) atoms. The summed E-state index contributed by atoms with van der Waals surface area (Å²) in [6.07, 6.45) is 0. The third kappa shape index (κ3) is 4.15. The van der Waals surface area contributed by atoms with Gasteiger partial charge in [-0.25, -0.2) is 0 Å². The van der Waals surface area contributed by atoms with Crippen molar-refractivity contribution in [2.45, 2.75) is 13.0 Å². The second-order valence-electron chi connectivity index (χ2n) is 5.39. The van der Waals surface area contributed by atoms with Crippen molar-refractivity contribution in [2.75, 3.05) is 28.4 Å². The molecule has 1 N–H and O–H groups in total. The third-order valence-corrected chi connectivity index (χ3v) is 3.87. The predicted octanol–water partition coefficient (Wildman–Crippen LogP) is 3.21. The van der Waals surface area contributed by atoms with Gasteiger partial charge in [-0.3, -0.25) is 4.79 Å². The Balaban J connectivity index is 2.25. The first-order chi connectivity index (χ1) is 12.0. The molecule has 0 spiro atoms. The van der Waals surface area contributed by atoms with E-state index in [0.717, 1.165) is 11.3 Å². The number of rotatable bonds is 7. The Bertz CT molecular complexity index is 719. The highest BCUT2D eigenvalue weighted by atomic mass is 16.5. The van der Waals surface area contributed by atoms with Gasteiger partial charge in [0.1, 0.15) is 5.75 Å². The Morgan fingerprint density at radius 2 is 1.56 bits per heavy atom.